The summed E-state index contributed by atoms with van der Waals surface area (Å²) >= 11 is 0. The van der Waals surface area contributed by atoms with Crippen LogP contribution in [0.4, 0.5) is 0 Å². The van der Waals surface area contributed by atoms with Gasteiger partial charge in [0.2, 0.25) is 0 Å². The molecule has 2 N–H and O–H groups in total. The quantitative estimate of drug-likeness (QED) is 0.734. The lowest BCUT2D eigenvalue weighted by atomic mass is 9.67. The van der Waals surface area contributed by atoms with E-state index in [1.54, 1.807) is 6.42 Å². The third kappa shape index (κ3) is 2.06. The Bertz CT molecular complexity index is 215. The Labute approximate surface area is 99.6 Å². The Hall–Kier alpha value is 0.250. The van der Waals surface area contributed by atoms with Crippen LogP contribution < -0.4 is 5.73 Å². The van der Waals surface area contributed by atoms with E-state index in [2.05, 4.69) is 6.92 Å². The molecule has 4 aliphatic carbocycles. The molecule has 0 radical (unpaired) electrons. The molecule has 0 spiro atoms. The number of nitrogens with two attached hydrogens (primary N) is 1. The van der Waals surface area contributed by atoms with Crippen molar-refractivity contribution >= 4 is 12.4 Å². The Morgan fingerprint density at radius 3 is 1.80 bits per heavy atom. The number of fused-ring (bicyclic) bond motifs is 1. The molecule has 4 rings (SSSR count). The monoisotopic (exact) mass is 229 g/mol. The summed E-state index contributed by atoms with van der Waals surface area (Å²) in [6.45, 7) is 2.23. The smallest absolute Gasteiger partial charge is 0.00415 e. The molecule has 4 fully saturated rings. The first-order valence-corrected chi connectivity index (χ1v) is 6.48. The van der Waals surface area contributed by atoms with E-state index in [4.69, 9.17) is 5.73 Å². The molecular formula is C13H24ClN. The fraction of sp³-hybridized carbons (Fsp3) is 1.00. The highest BCUT2D eigenvalue weighted by molar-refractivity contribution is 5.85. The van der Waals surface area contributed by atoms with Gasteiger partial charge in [0.1, 0.15) is 0 Å². The lowest BCUT2D eigenvalue weighted by molar-refractivity contribution is 0.122. The Kier molecular flexibility index (Phi) is 3.33. The predicted octanol–water partition coefficient (Wildman–Crippen LogP) is 3.22. The summed E-state index contributed by atoms with van der Waals surface area (Å²) in [7, 11) is 0. The molecule has 0 aromatic heterocycles. The van der Waals surface area contributed by atoms with Crippen molar-refractivity contribution in [3.05, 3.63) is 0 Å². The van der Waals surface area contributed by atoms with E-state index in [0.29, 0.717) is 6.04 Å². The van der Waals surface area contributed by atoms with Crippen LogP contribution in [0.15, 0.2) is 0 Å². The Morgan fingerprint density at radius 2 is 1.33 bits per heavy atom. The Morgan fingerprint density at radius 1 is 0.867 bits per heavy atom. The van der Waals surface area contributed by atoms with Crippen molar-refractivity contribution in [1.29, 1.82) is 0 Å². The fourth-order valence-corrected chi connectivity index (χ4v) is 4.80. The molecule has 1 nitrogen and oxygen atoms in total. The maximum absolute atomic E-state index is 6.15. The zero-order chi connectivity index (χ0) is 9.71. The van der Waals surface area contributed by atoms with Crippen LogP contribution in [-0.4, -0.2) is 6.04 Å². The van der Waals surface area contributed by atoms with Crippen molar-refractivity contribution < 1.29 is 0 Å². The van der Waals surface area contributed by atoms with Gasteiger partial charge in [0.15, 0.2) is 0 Å². The van der Waals surface area contributed by atoms with Crippen LogP contribution in [-0.2, 0) is 0 Å². The van der Waals surface area contributed by atoms with E-state index >= 15 is 0 Å². The summed E-state index contributed by atoms with van der Waals surface area (Å²) in [5.74, 6) is 5.06. The molecule has 0 aliphatic heterocycles. The van der Waals surface area contributed by atoms with Crippen molar-refractivity contribution in [2.75, 3.05) is 0 Å². The molecule has 4 bridgehead atoms. The summed E-state index contributed by atoms with van der Waals surface area (Å²) < 4.78 is 0. The first kappa shape index (κ1) is 11.7. The SMILES string of the molecule is CC(N)C1CC2CC3CC(C2)CC1C3.Cl. The molecule has 15 heavy (non-hydrogen) atoms. The van der Waals surface area contributed by atoms with Crippen molar-refractivity contribution in [2.45, 2.75) is 51.5 Å². The van der Waals surface area contributed by atoms with E-state index in [1.165, 1.54) is 32.1 Å². The maximum Gasteiger partial charge on any atom is 0.00415 e. The first-order chi connectivity index (χ1) is 6.72. The van der Waals surface area contributed by atoms with Gasteiger partial charge in [-0.05, 0) is 75.0 Å². The number of hydrogen-bond acceptors (Lipinski definition) is 1. The highest BCUT2D eigenvalue weighted by Crippen LogP contribution is 2.53. The molecule has 0 amide bonds. The minimum atomic E-state index is 0. The normalized spacial score (nSPS) is 49.6. The van der Waals surface area contributed by atoms with Crippen LogP contribution in [0.3, 0.4) is 0 Å². The van der Waals surface area contributed by atoms with Gasteiger partial charge in [-0.1, -0.05) is 0 Å². The second-order valence-electron chi connectivity index (χ2n) is 6.30. The third-order valence-electron chi connectivity index (χ3n) is 5.16. The van der Waals surface area contributed by atoms with Crippen LogP contribution in [0.2, 0.25) is 0 Å². The largest absolute Gasteiger partial charge is 0.328 e. The minimum Gasteiger partial charge on any atom is -0.328 e. The predicted molar refractivity (Wildman–Crippen MR) is 66.0 cm³/mol. The lowest BCUT2D eigenvalue weighted by Crippen LogP contribution is -2.34. The van der Waals surface area contributed by atoms with Gasteiger partial charge in [-0.15, -0.1) is 12.4 Å². The van der Waals surface area contributed by atoms with E-state index in [9.17, 15) is 0 Å². The number of hydrogen-bond donors (Lipinski definition) is 1. The second-order valence-corrected chi connectivity index (χ2v) is 6.30. The van der Waals surface area contributed by atoms with Crippen molar-refractivity contribution in [3.8, 4) is 0 Å². The van der Waals surface area contributed by atoms with Gasteiger partial charge in [0, 0.05) is 6.04 Å². The highest BCUT2D eigenvalue weighted by atomic mass is 35.5. The molecule has 0 aromatic rings. The van der Waals surface area contributed by atoms with E-state index < -0.39 is 0 Å². The molecule has 0 saturated heterocycles. The first-order valence-electron chi connectivity index (χ1n) is 6.48. The van der Waals surface area contributed by atoms with Crippen LogP contribution in [0.5, 0.6) is 0 Å². The molecule has 4 unspecified atom stereocenters. The molecule has 0 aromatic carbocycles. The molecule has 2 heteroatoms. The number of halogens is 1. The van der Waals surface area contributed by atoms with Gasteiger partial charge >= 0.3 is 0 Å². The van der Waals surface area contributed by atoms with E-state index in [0.717, 1.165) is 29.6 Å². The zero-order valence-electron chi connectivity index (χ0n) is 9.69. The third-order valence-corrected chi connectivity index (χ3v) is 5.16. The second kappa shape index (κ2) is 4.25. The summed E-state index contributed by atoms with van der Waals surface area (Å²) in [5, 5.41) is 0. The lowest BCUT2D eigenvalue weighted by Gasteiger charge is -2.39. The van der Waals surface area contributed by atoms with Gasteiger partial charge in [-0.2, -0.15) is 0 Å². The van der Waals surface area contributed by atoms with E-state index in [-0.39, 0.29) is 12.4 Å². The minimum absolute atomic E-state index is 0. The molecule has 0 heterocycles. The van der Waals surface area contributed by atoms with Crippen molar-refractivity contribution in [2.24, 2.45) is 35.3 Å². The van der Waals surface area contributed by atoms with Gasteiger partial charge in [-0.25, -0.2) is 0 Å². The molecule has 4 saturated carbocycles. The van der Waals surface area contributed by atoms with Crippen LogP contribution >= 0.6 is 12.4 Å². The number of rotatable bonds is 1. The van der Waals surface area contributed by atoms with Gasteiger partial charge in [0.05, 0.1) is 0 Å². The highest BCUT2D eigenvalue weighted by Gasteiger charge is 2.44. The van der Waals surface area contributed by atoms with Gasteiger partial charge in [0.25, 0.3) is 0 Å². The van der Waals surface area contributed by atoms with Crippen LogP contribution in [0.1, 0.15) is 45.4 Å². The van der Waals surface area contributed by atoms with Gasteiger partial charge < -0.3 is 5.73 Å². The van der Waals surface area contributed by atoms with Crippen LogP contribution in [0, 0.1) is 29.6 Å². The van der Waals surface area contributed by atoms with E-state index in [1.807, 2.05) is 0 Å². The fourth-order valence-electron chi connectivity index (χ4n) is 4.80. The Balaban J connectivity index is 0.000000853. The summed E-state index contributed by atoms with van der Waals surface area (Å²) in [6.07, 6.45) is 9.11. The van der Waals surface area contributed by atoms with Crippen LogP contribution in [0.25, 0.3) is 0 Å². The van der Waals surface area contributed by atoms with Crippen molar-refractivity contribution in [1.82, 2.24) is 0 Å². The molecule has 4 atom stereocenters. The zero-order valence-corrected chi connectivity index (χ0v) is 10.5. The van der Waals surface area contributed by atoms with Gasteiger partial charge in [-0.3, -0.25) is 0 Å². The molecule has 88 valence electrons. The maximum atomic E-state index is 6.15. The average Bonchev–Trinajstić information content (AvgIpc) is 2.30. The standard InChI is InChI=1S/C13H23N.ClH/c1-8(14)13-7-11-3-9-2-10(4-11)6-12(13)5-9;/h8-13H,2-7,14H2,1H3;1H. The topological polar surface area (TPSA) is 26.0 Å². The average molecular weight is 230 g/mol. The summed E-state index contributed by atoms with van der Waals surface area (Å²) in [4.78, 5) is 0. The molecule has 4 aliphatic rings. The summed E-state index contributed by atoms with van der Waals surface area (Å²) in [6, 6.07) is 0.443. The molecular weight excluding hydrogens is 206 g/mol. The van der Waals surface area contributed by atoms with Crippen molar-refractivity contribution in [3.63, 3.8) is 0 Å². The summed E-state index contributed by atoms with van der Waals surface area (Å²) in [5.41, 5.74) is 6.15.